The Kier molecular flexibility index (Phi) is 15.1. The van der Waals surface area contributed by atoms with Crippen LogP contribution in [0.3, 0.4) is 0 Å². The zero-order chi connectivity index (χ0) is 42.9. The summed E-state index contributed by atoms with van der Waals surface area (Å²) in [6.45, 7) is 5.03. The van der Waals surface area contributed by atoms with Crippen molar-refractivity contribution in [3.63, 3.8) is 0 Å². The summed E-state index contributed by atoms with van der Waals surface area (Å²) in [5.74, 6) is -0.327. The zero-order valence-electron chi connectivity index (χ0n) is 33.8. The summed E-state index contributed by atoms with van der Waals surface area (Å²) in [6.07, 6.45) is 3.97. The van der Waals surface area contributed by atoms with E-state index in [9.17, 15) is 26.8 Å². The summed E-state index contributed by atoms with van der Waals surface area (Å²) < 4.78 is 65.9. The maximum Gasteiger partial charge on any atom is 0.274 e. The third-order valence-electron chi connectivity index (χ3n) is 8.63. The predicted octanol–water partition coefficient (Wildman–Crippen LogP) is 3.80. The van der Waals surface area contributed by atoms with E-state index in [0.717, 1.165) is 6.26 Å². The minimum atomic E-state index is -3.60. The molecule has 0 amide bonds. The van der Waals surface area contributed by atoms with Crippen molar-refractivity contribution >= 4 is 15.8 Å². The topological polar surface area (TPSA) is 196 Å². The Labute approximate surface area is 334 Å². The quantitative estimate of drug-likeness (QED) is 0.180. The van der Waals surface area contributed by atoms with Crippen molar-refractivity contribution < 1.29 is 26.7 Å². The Balaban J connectivity index is 0.000000226. The molecule has 0 aliphatic carbocycles. The van der Waals surface area contributed by atoms with Crippen LogP contribution in [-0.2, 0) is 47.5 Å². The van der Waals surface area contributed by atoms with E-state index in [1.807, 2.05) is 13.8 Å². The number of hydrogen-bond donors (Lipinski definition) is 2. The summed E-state index contributed by atoms with van der Waals surface area (Å²) in [5, 5.41) is 2.84. The molecule has 58 heavy (non-hydrogen) atoms. The van der Waals surface area contributed by atoms with Gasteiger partial charge in [-0.25, -0.2) is 37.1 Å². The molecule has 4 heterocycles. The van der Waals surface area contributed by atoms with Gasteiger partial charge in [-0.15, -0.1) is 0 Å². The van der Waals surface area contributed by atoms with Crippen LogP contribution in [0.4, 0.5) is 14.7 Å². The van der Waals surface area contributed by atoms with E-state index in [1.165, 1.54) is 58.0 Å². The Morgan fingerprint density at radius 1 is 0.690 bits per heavy atom. The molecule has 6 aromatic rings. The number of anilines is 1. The average molecular weight is 823 g/mol. The highest BCUT2D eigenvalue weighted by atomic mass is 32.2. The normalized spacial score (nSPS) is 12.2. The summed E-state index contributed by atoms with van der Waals surface area (Å²) in [7, 11) is 6.38. The van der Waals surface area contributed by atoms with Crippen LogP contribution in [0.5, 0.6) is 0 Å². The second-order valence-corrected chi connectivity index (χ2v) is 15.3. The third kappa shape index (κ3) is 10.7. The lowest BCUT2D eigenvalue weighted by Gasteiger charge is -2.13. The lowest BCUT2D eigenvalue weighted by atomic mass is 10.0. The van der Waals surface area contributed by atoms with Crippen LogP contribution in [0, 0.1) is 11.6 Å². The van der Waals surface area contributed by atoms with Crippen molar-refractivity contribution in [1.82, 2.24) is 38.7 Å². The first-order valence-corrected chi connectivity index (χ1v) is 19.7. The highest BCUT2D eigenvalue weighted by molar-refractivity contribution is 7.90. The van der Waals surface area contributed by atoms with E-state index in [1.54, 1.807) is 76.2 Å². The molecule has 3 N–H and O–H groups in total. The number of nitrogens with one attached hydrogen (secondary N) is 1. The number of halogens is 2. The van der Waals surface area contributed by atoms with Crippen LogP contribution in [0.1, 0.15) is 13.8 Å². The summed E-state index contributed by atoms with van der Waals surface area (Å²) in [6, 6.07) is 14.8. The molecule has 0 unspecified atom stereocenters. The Morgan fingerprint density at radius 2 is 1.12 bits per heavy atom. The summed E-state index contributed by atoms with van der Waals surface area (Å²) in [5.41, 5.74) is 8.66. The fraction of sp³-hybridized carbons (Fsp3) is 0.333. The minimum Gasteiger partial charge on any atom is -0.383 e. The van der Waals surface area contributed by atoms with Crippen molar-refractivity contribution in [3.05, 3.63) is 105 Å². The molecule has 16 nitrogen and oxygen atoms in total. The molecule has 0 aliphatic heterocycles. The fourth-order valence-corrected chi connectivity index (χ4v) is 6.27. The van der Waals surface area contributed by atoms with E-state index in [2.05, 4.69) is 30.0 Å². The van der Waals surface area contributed by atoms with E-state index >= 15 is 0 Å². The first-order valence-electron chi connectivity index (χ1n) is 17.8. The maximum absolute atomic E-state index is 13.3. The van der Waals surface area contributed by atoms with Crippen molar-refractivity contribution in [2.45, 2.75) is 31.1 Å². The van der Waals surface area contributed by atoms with E-state index in [4.69, 9.17) is 10.5 Å². The molecule has 2 atom stereocenters. The van der Waals surface area contributed by atoms with Gasteiger partial charge in [0, 0.05) is 73.1 Å². The number of hydrogen-bond acceptors (Lipinski definition) is 12. The van der Waals surface area contributed by atoms with Crippen molar-refractivity contribution in [3.8, 4) is 45.0 Å². The number of nitrogens with two attached hydrogens (primary N) is 1. The van der Waals surface area contributed by atoms with Gasteiger partial charge >= 0.3 is 0 Å². The van der Waals surface area contributed by atoms with Crippen molar-refractivity contribution in [2.24, 2.45) is 33.9 Å². The van der Waals surface area contributed by atoms with Gasteiger partial charge in [-0.2, -0.15) is 0 Å². The van der Waals surface area contributed by atoms with Crippen LogP contribution in [0.15, 0.2) is 87.8 Å². The predicted molar refractivity (Wildman–Crippen MR) is 218 cm³/mol. The number of ether oxygens (including phenoxy) is 2. The van der Waals surface area contributed by atoms with Gasteiger partial charge in [-0.1, -0.05) is 24.3 Å². The highest BCUT2D eigenvalue weighted by Crippen LogP contribution is 2.30. The second kappa shape index (κ2) is 19.5. The third-order valence-corrected chi connectivity index (χ3v) is 9.49. The monoisotopic (exact) mass is 822 g/mol. The number of aromatic nitrogens is 8. The van der Waals surface area contributed by atoms with Gasteiger partial charge in [0.05, 0.1) is 47.1 Å². The van der Waals surface area contributed by atoms with Gasteiger partial charge in [-0.3, -0.25) is 28.3 Å². The average Bonchev–Trinajstić information content (AvgIpc) is 3.54. The SMILES string of the molecule is COC[C@H](C)N.COC[C@H](C)Nc1nccc(-c2c(-c3ccc(F)cc3)c(=O)n(C)n2C)n1.Cn1c(-c2ccnc(S(C)(=O)=O)n2)c(-c2ccc(F)cc2)c(=O)n1C. The second-order valence-electron chi connectivity index (χ2n) is 13.4. The standard InChI is InChI=1S/C19H22FN5O2.C16H15FN4O3S.C4H11NO/c1-12(11-27-4)22-19-21-10-9-15(23-19)17-16(18(26)25(3)24(17)2)13-5-7-14(20)8-6-13;1-20-14(12-8-9-18-16(19-12)25(3,23)24)13(15(22)21(20)2)10-4-6-11(17)7-5-10;1-4(5)3-6-2/h5-10,12H,11H2,1-4H3,(H,21,22,23);4-9H,1-3H3;4H,3,5H2,1-2H3/t12-;;4-/m0.0/s1. The van der Waals surface area contributed by atoms with Gasteiger partial charge in [0.1, 0.15) is 11.6 Å². The molecule has 0 spiro atoms. The first kappa shape index (κ1) is 44.8. The number of sulfone groups is 1. The maximum atomic E-state index is 13.3. The van der Waals surface area contributed by atoms with Crippen LogP contribution in [0.2, 0.25) is 0 Å². The molecule has 0 bridgehead atoms. The fourth-order valence-electron chi connectivity index (χ4n) is 5.75. The Bertz CT molecular complexity index is 2550. The number of benzene rings is 2. The lowest BCUT2D eigenvalue weighted by molar-refractivity contribution is 0.185. The highest BCUT2D eigenvalue weighted by Gasteiger charge is 2.23. The van der Waals surface area contributed by atoms with Crippen LogP contribution >= 0.6 is 0 Å². The lowest BCUT2D eigenvalue weighted by Crippen LogP contribution is -2.22. The molecule has 0 radical (unpaired) electrons. The first-order chi connectivity index (χ1) is 27.4. The molecule has 310 valence electrons. The smallest absolute Gasteiger partial charge is 0.274 e. The van der Waals surface area contributed by atoms with Gasteiger partial charge in [-0.05, 0) is 61.4 Å². The van der Waals surface area contributed by atoms with Gasteiger partial charge in [0.2, 0.25) is 20.9 Å². The van der Waals surface area contributed by atoms with Gasteiger partial charge in [0.15, 0.2) is 0 Å². The molecule has 0 aliphatic rings. The van der Waals surface area contributed by atoms with E-state index in [0.29, 0.717) is 58.5 Å². The molecule has 0 saturated carbocycles. The number of methoxy groups -OCH3 is 2. The summed E-state index contributed by atoms with van der Waals surface area (Å²) >= 11 is 0. The van der Waals surface area contributed by atoms with Gasteiger partial charge < -0.3 is 20.5 Å². The molecule has 2 aromatic carbocycles. The molecular weight excluding hydrogens is 775 g/mol. The van der Waals surface area contributed by atoms with Crippen LogP contribution in [0.25, 0.3) is 45.0 Å². The van der Waals surface area contributed by atoms with Gasteiger partial charge in [0.25, 0.3) is 11.1 Å². The Morgan fingerprint density at radius 3 is 1.52 bits per heavy atom. The summed E-state index contributed by atoms with van der Waals surface area (Å²) in [4.78, 5) is 42.1. The number of nitrogens with zero attached hydrogens (tertiary/aromatic N) is 8. The molecule has 19 heteroatoms. The van der Waals surface area contributed by atoms with E-state index < -0.39 is 15.7 Å². The largest absolute Gasteiger partial charge is 0.383 e. The van der Waals surface area contributed by atoms with Crippen molar-refractivity contribution in [1.29, 1.82) is 0 Å². The van der Waals surface area contributed by atoms with E-state index in [-0.39, 0.29) is 39.9 Å². The minimum absolute atomic E-state index is 0.0291. The Hall–Kier alpha value is -5.89. The molecular formula is C39H48F2N10O6S. The van der Waals surface area contributed by atoms with Crippen LogP contribution in [-0.4, -0.2) is 92.9 Å². The molecule has 6 rings (SSSR count). The molecule has 0 fully saturated rings. The molecule has 4 aromatic heterocycles. The van der Waals surface area contributed by atoms with Crippen molar-refractivity contribution in [2.75, 3.05) is 39.0 Å². The zero-order valence-corrected chi connectivity index (χ0v) is 34.6. The number of rotatable bonds is 11. The molecule has 0 saturated heterocycles. The van der Waals surface area contributed by atoms with Crippen LogP contribution < -0.4 is 22.2 Å².